The standard InChI is InChI=1S/C15H25NO/c1-11(2)14-8-6-13(7-9-14)10-16-15(4,5)12(3)17/h6-9,11-12,16-17H,10H2,1-5H3. The summed E-state index contributed by atoms with van der Waals surface area (Å²) in [6.07, 6.45) is -0.363. The molecule has 0 aromatic heterocycles. The molecular weight excluding hydrogens is 210 g/mol. The lowest BCUT2D eigenvalue weighted by molar-refractivity contribution is 0.0956. The minimum Gasteiger partial charge on any atom is -0.392 e. The second kappa shape index (κ2) is 5.65. The third-order valence-electron chi connectivity index (χ3n) is 3.44. The highest BCUT2D eigenvalue weighted by Gasteiger charge is 2.22. The summed E-state index contributed by atoms with van der Waals surface area (Å²) >= 11 is 0. The van der Waals surface area contributed by atoms with Crippen molar-refractivity contribution in [2.45, 2.75) is 58.7 Å². The molecule has 17 heavy (non-hydrogen) atoms. The number of aliphatic hydroxyl groups is 1. The summed E-state index contributed by atoms with van der Waals surface area (Å²) in [5, 5.41) is 13.0. The van der Waals surface area contributed by atoms with Crippen LogP contribution in [0.2, 0.25) is 0 Å². The molecule has 0 aliphatic heterocycles. The van der Waals surface area contributed by atoms with E-state index in [1.165, 1.54) is 11.1 Å². The maximum atomic E-state index is 9.61. The lowest BCUT2D eigenvalue weighted by Gasteiger charge is -2.29. The Bertz CT molecular complexity index is 338. The number of benzene rings is 1. The fraction of sp³-hybridized carbons (Fsp3) is 0.600. The van der Waals surface area contributed by atoms with Crippen LogP contribution >= 0.6 is 0 Å². The fourth-order valence-corrected chi connectivity index (χ4v) is 1.50. The first kappa shape index (κ1) is 14.2. The number of hydrogen-bond acceptors (Lipinski definition) is 2. The van der Waals surface area contributed by atoms with Crippen molar-refractivity contribution in [3.8, 4) is 0 Å². The summed E-state index contributed by atoms with van der Waals surface area (Å²) in [7, 11) is 0. The molecule has 1 unspecified atom stereocenters. The molecule has 1 aromatic carbocycles. The molecule has 2 nitrogen and oxygen atoms in total. The normalized spacial score (nSPS) is 14.1. The van der Waals surface area contributed by atoms with Gasteiger partial charge in [0, 0.05) is 12.1 Å². The number of nitrogens with one attached hydrogen (secondary N) is 1. The SMILES string of the molecule is CC(C)c1ccc(CNC(C)(C)C(C)O)cc1. The van der Waals surface area contributed by atoms with Gasteiger partial charge in [-0.05, 0) is 37.8 Å². The highest BCUT2D eigenvalue weighted by molar-refractivity contribution is 5.24. The van der Waals surface area contributed by atoms with Gasteiger partial charge in [0.25, 0.3) is 0 Å². The Hall–Kier alpha value is -0.860. The third kappa shape index (κ3) is 4.14. The quantitative estimate of drug-likeness (QED) is 0.822. The van der Waals surface area contributed by atoms with Crippen molar-refractivity contribution in [1.82, 2.24) is 5.32 Å². The van der Waals surface area contributed by atoms with Crippen molar-refractivity contribution in [3.05, 3.63) is 35.4 Å². The average molecular weight is 235 g/mol. The average Bonchev–Trinajstić information content (AvgIpc) is 2.27. The van der Waals surface area contributed by atoms with Crippen LogP contribution in [0.1, 0.15) is 51.7 Å². The topological polar surface area (TPSA) is 32.3 Å². The Morgan fingerprint density at radius 3 is 2.06 bits per heavy atom. The molecule has 1 rings (SSSR count). The molecule has 96 valence electrons. The van der Waals surface area contributed by atoms with Crippen LogP contribution in [-0.4, -0.2) is 16.7 Å². The molecule has 2 heteroatoms. The summed E-state index contributed by atoms with van der Waals surface area (Å²) < 4.78 is 0. The Morgan fingerprint density at radius 2 is 1.65 bits per heavy atom. The van der Waals surface area contributed by atoms with Crippen LogP contribution < -0.4 is 5.32 Å². The first-order valence-electron chi connectivity index (χ1n) is 6.35. The van der Waals surface area contributed by atoms with Crippen LogP contribution in [-0.2, 0) is 6.54 Å². The summed E-state index contributed by atoms with van der Waals surface area (Å²) in [6, 6.07) is 8.66. The number of hydrogen-bond donors (Lipinski definition) is 2. The molecule has 1 aromatic rings. The second-order valence-corrected chi connectivity index (χ2v) is 5.65. The lowest BCUT2D eigenvalue weighted by atomic mass is 9.97. The molecule has 0 fully saturated rings. The van der Waals surface area contributed by atoms with Crippen molar-refractivity contribution in [1.29, 1.82) is 0 Å². The van der Waals surface area contributed by atoms with E-state index in [-0.39, 0.29) is 11.6 Å². The monoisotopic (exact) mass is 235 g/mol. The maximum absolute atomic E-state index is 9.61. The van der Waals surface area contributed by atoms with Crippen LogP contribution in [0, 0.1) is 0 Å². The van der Waals surface area contributed by atoms with Crippen molar-refractivity contribution >= 4 is 0 Å². The minimum atomic E-state index is -0.363. The van der Waals surface area contributed by atoms with E-state index in [1.54, 1.807) is 0 Å². The molecule has 2 N–H and O–H groups in total. The van der Waals surface area contributed by atoms with E-state index >= 15 is 0 Å². The van der Waals surface area contributed by atoms with Crippen molar-refractivity contribution in [2.75, 3.05) is 0 Å². The molecule has 0 radical (unpaired) electrons. The Labute approximate surface area is 105 Å². The van der Waals surface area contributed by atoms with Crippen molar-refractivity contribution in [3.63, 3.8) is 0 Å². The van der Waals surface area contributed by atoms with Gasteiger partial charge in [-0.15, -0.1) is 0 Å². The largest absolute Gasteiger partial charge is 0.392 e. The van der Waals surface area contributed by atoms with Crippen molar-refractivity contribution < 1.29 is 5.11 Å². The van der Waals surface area contributed by atoms with E-state index in [4.69, 9.17) is 0 Å². The maximum Gasteiger partial charge on any atom is 0.0688 e. The van der Waals surface area contributed by atoms with Gasteiger partial charge in [-0.1, -0.05) is 38.1 Å². The van der Waals surface area contributed by atoms with E-state index in [2.05, 4.69) is 43.4 Å². The van der Waals surface area contributed by atoms with E-state index < -0.39 is 0 Å². The van der Waals surface area contributed by atoms with Gasteiger partial charge in [-0.2, -0.15) is 0 Å². The van der Waals surface area contributed by atoms with E-state index in [0.29, 0.717) is 5.92 Å². The zero-order valence-electron chi connectivity index (χ0n) is 11.6. The number of rotatable bonds is 5. The molecule has 0 saturated heterocycles. The third-order valence-corrected chi connectivity index (χ3v) is 3.44. The van der Waals surface area contributed by atoms with Crippen LogP contribution in [0.25, 0.3) is 0 Å². The molecule has 0 aliphatic carbocycles. The summed E-state index contributed by atoms with van der Waals surface area (Å²) in [5.74, 6) is 0.575. The van der Waals surface area contributed by atoms with Gasteiger partial charge in [-0.3, -0.25) is 0 Å². The van der Waals surface area contributed by atoms with Gasteiger partial charge < -0.3 is 10.4 Å². The van der Waals surface area contributed by atoms with Gasteiger partial charge in [0.15, 0.2) is 0 Å². The fourth-order valence-electron chi connectivity index (χ4n) is 1.50. The molecule has 0 amide bonds. The lowest BCUT2D eigenvalue weighted by Crippen LogP contribution is -2.47. The molecule has 0 spiro atoms. The molecular formula is C15H25NO. The van der Waals surface area contributed by atoms with E-state index in [9.17, 15) is 5.11 Å². The molecule has 0 aliphatic rings. The van der Waals surface area contributed by atoms with Gasteiger partial charge in [0.05, 0.1) is 6.10 Å². The summed E-state index contributed by atoms with van der Waals surface area (Å²) in [5.41, 5.74) is 2.36. The van der Waals surface area contributed by atoms with Crippen LogP contribution in [0.3, 0.4) is 0 Å². The summed E-state index contributed by atoms with van der Waals surface area (Å²) in [4.78, 5) is 0. The molecule has 0 heterocycles. The molecule has 0 bridgehead atoms. The Kier molecular flexibility index (Phi) is 4.72. The van der Waals surface area contributed by atoms with Gasteiger partial charge in [-0.25, -0.2) is 0 Å². The van der Waals surface area contributed by atoms with Crippen molar-refractivity contribution in [2.24, 2.45) is 0 Å². The van der Waals surface area contributed by atoms with Crippen LogP contribution in [0.5, 0.6) is 0 Å². The van der Waals surface area contributed by atoms with Crippen LogP contribution in [0.4, 0.5) is 0 Å². The van der Waals surface area contributed by atoms with Gasteiger partial charge in [0.2, 0.25) is 0 Å². The Balaban J connectivity index is 2.59. The van der Waals surface area contributed by atoms with Gasteiger partial charge >= 0.3 is 0 Å². The van der Waals surface area contributed by atoms with Crippen LogP contribution in [0.15, 0.2) is 24.3 Å². The molecule has 1 atom stereocenters. The zero-order valence-corrected chi connectivity index (χ0v) is 11.6. The summed E-state index contributed by atoms with van der Waals surface area (Å²) in [6.45, 7) is 11.0. The highest BCUT2D eigenvalue weighted by atomic mass is 16.3. The minimum absolute atomic E-state index is 0.253. The zero-order chi connectivity index (χ0) is 13.1. The first-order chi connectivity index (χ1) is 7.83. The second-order valence-electron chi connectivity index (χ2n) is 5.65. The predicted octanol–water partition coefficient (Wildman–Crippen LogP) is 3.06. The highest BCUT2D eigenvalue weighted by Crippen LogP contribution is 2.15. The van der Waals surface area contributed by atoms with Gasteiger partial charge in [0.1, 0.15) is 0 Å². The first-order valence-corrected chi connectivity index (χ1v) is 6.35. The number of aliphatic hydroxyl groups excluding tert-OH is 1. The predicted molar refractivity (Wildman–Crippen MR) is 73.1 cm³/mol. The molecule has 0 saturated carbocycles. The van der Waals surface area contributed by atoms with E-state index in [0.717, 1.165) is 6.54 Å². The smallest absolute Gasteiger partial charge is 0.0688 e. The Morgan fingerprint density at radius 1 is 1.12 bits per heavy atom. The van der Waals surface area contributed by atoms with E-state index in [1.807, 2.05) is 20.8 Å².